The number of nitrogen functional groups attached to an aromatic ring is 2. The number of hydrogen-bond donors (Lipinski definition) is 4. The number of halogens is 1. The van der Waals surface area contributed by atoms with Crippen molar-refractivity contribution in [2.24, 2.45) is 4.99 Å². The third-order valence-electron chi connectivity index (χ3n) is 4.36. The third kappa shape index (κ3) is 2.67. The lowest BCUT2D eigenvalue weighted by Crippen LogP contribution is -2.33. The summed E-state index contributed by atoms with van der Waals surface area (Å²) >= 11 is 0. The van der Waals surface area contributed by atoms with E-state index in [0.29, 0.717) is 22.4 Å². The molecule has 28 heavy (non-hydrogen) atoms. The van der Waals surface area contributed by atoms with Crippen LogP contribution in [0.5, 0.6) is 5.75 Å². The largest absolute Gasteiger partial charge is 0.467 e. The average Bonchev–Trinajstić information content (AvgIpc) is 2.67. The van der Waals surface area contributed by atoms with E-state index < -0.39 is 11.9 Å². The first-order valence-electron chi connectivity index (χ1n) is 8.05. The highest BCUT2D eigenvalue weighted by Gasteiger charge is 2.33. The van der Waals surface area contributed by atoms with Gasteiger partial charge in [0.1, 0.15) is 40.9 Å². The first-order valence-corrected chi connectivity index (χ1v) is 8.05. The predicted molar refractivity (Wildman–Crippen MR) is 96.1 cm³/mol. The van der Waals surface area contributed by atoms with Gasteiger partial charge in [-0.2, -0.15) is 10.5 Å². The quantitative estimate of drug-likeness (QED) is 0.417. The van der Waals surface area contributed by atoms with Gasteiger partial charge in [-0.1, -0.05) is 0 Å². The maximum absolute atomic E-state index is 14.3. The van der Waals surface area contributed by atoms with Gasteiger partial charge in [0.15, 0.2) is 13.0 Å². The van der Waals surface area contributed by atoms with Crippen molar-refractivity contribution in [1.29, 1.82) is 10.5 Å². The van der Waals surface area contributed by atoms with Crippen molar-refractivity contribution in [3.63, 3.8) is 0 Å². The number of rotatable bonds is 1. The molecule has 1 atom stereocenters. The highest BCUT2D eigenvalue weighted by Crippen LogP contribution is 2.45. The molecular weight excluding hydrogens is 367 g/mol. The maximum Gasteiger partial charge on any atom is 0.211 e. The summed E-state index contributed by atoms with van der Waals surface area (Å²) in [6.07, 6.45) is 1.75. The molecule has 0 saturated carbocycles. The van der Waals surface area contributed by atoms with Crippen LogP contribution in [0.2, 0.25) is 0 Å². The van der Waals surface area contributed by atoms with E-state index in [9.17, 15) is 9.65 Å². The lowest BCUT2D eigenvalue weighted by molar-refractivity contribution is -0.0173. The second kappa shape index (κ2) is 6.57. The number of nitrogens with two attached hydrogens (primary N) is 2. The van der Waals surface area contributed by atoms with Crippen molar-refractivity contribution >= 4 is 23.3 Å². The van der Waals surface area contributed by atoms with Crippen LogP contribution < -0.4 is 26.8 Å². The molecule has 10 nitrogen and oxygen atoms in total. The number of fused-ring (bicyclic) bond motifs is 2. The smallest absolute Gasteiger partial charge is 0.211 e. The molecule has 1 aromatic heterocycles. The van der Waals surface area contributed by atoms with Gasteiger partial charge in [-0.15, -0.1) is 0 Å². The first-order chi connectivity index (χ1) is 13.5. The number of guanidine groups is 1. The van der Waals surface area contributed by atoms with Crippen LogP contribution in [-0.2, 0) is 11.3 Å². The molecule has 0 saturated heterocycles. The molecule has 2 aliphatic rings. The summed E-state index contributed by atoms with van der Waals surface area (Å²) in [5, 5.41) is 23.5. The zero-order valence-corrected chi connectivity index (χ0v) is 14.3. The van der Waals surface area contributed by atoms with Crippen molar-refractivity contribution in [2.45, 2.75) is 12.6 Å². The van der Waals surface area contributed by atoms with Crippen molar-refractivity contribution in [2.75, 3.05) is 23.6 Å². The first kappa shape index (κ1) is 17.3. The topological polar surface area (TPSA) is 167 Å². The average molecular weight is 380 g/mol. The number of aromatic nitrogens is 1. The molecule has 0 spiro atoms. The van der Waals surface area contributed by atoms with Gasteiger partial charge in [0.25, 0.3) is 0 Å². The highest BCUT2D eigenvalue weighted by molar-refractivity contribution is 5.98. The standard InChI is InChI=1S/C17H13FN8O2/c18-8-1-7-4-27-6-28-14(7)9(2-8)13-11-12(21)10(3-19)15(22)25-16(11)26-17(24-13)23-5-20/h1-2,13H,4,6H2,(H6,21,22,23,24,25,26). The summed E-state index contributed by atoms with van der Waals surface area (Å²) < 4.78 is 25.1. The van der Waals surface area contributed by atoms with Crippen LogP contribution in [0.15, 0.2) is 17.1 Å². The number of aliphatic imine (C=N–C) groups is 1. The van der Waals surface area contributed by atoms with Crippen molar-refractivity contribution in [3.8, 4) is 18.0 Å². The number of ether oxygens (including phenoxy) is 2. The van der Waals surface area contributed by atoms with E-state index in [4.69, 9.17) is 26.2 Å². The fraction of sp³-hybridized carbons (Fsp3) is 0.176. The van der Waals surface area contributed by atoms with Crippen LogP contribution in [0.3, 0.4) is 0 Å². The van der Waals surface area contributed by atoms with Gasteiger partial charge < -0.3 is 26.3 Å². The fourth-order valence-electron chi connectivity index (χ4n) is 3.22. The number of hydrogen-bond acceptors (Lipinski definition) is 10. The highest BCUT2D eigenvalue weighted by atomic mass is 19.1. The van der Waals surface area contributed by atoms with Crippen LogP contribution in [-0.4, -0.2) is 17.7 Å². The molecule has 3 heterocycles. The van der Waals surface area contributed by atoms with Crippen molar-refractivity contribution < 1.29 is 13.9 Å². The number of nitriles is 2. The minimum atomic E-state index is -0.894. The summed E-state index contributed by atoms with van der Waals surface area (Å²) in [6.45, 7) is 0.166. The van der Waals surface area contributed by atoms with Gasteiger partial charge in [0, 0.05) is 16.7 Å². The van der Waals surface area contributed by atoms with Crippen LogP contribution in [0.1, 0.15) is 28.3 Å². The Kier molecular flexibility index (Phi) is 4.07. The molecule has 0 bridgehead atoms. The van der Waals surface area contributed by atoms with Crippen LogP contribution >= 0.6 is 0 Å². The Morgan fingerprint density at radius 2 is 2.14 bits per heavy atom. The monoisotopic (exact) mass is 380 g/mol. The molecule has 0 radical (unpaired) electrons. The minimum Gasteiger partial charge on any atom is -0.467 e. The summed E-state index contributed by atoms with van der Waals surface area (Å²) in [5.74, 6) is 0.0859. The predicted octanol–water partition coefficient (Wildman–Crippen LogP) is 1.06. The van der Waals surface area contributed by atoms with Crippen LogP contribution in [0.4, 0.5) is 21.7 Å². The molecule has 2 aliphatic heterocycles. The second-order valence-electron chi connectivity index (χ2n) is 6.00. The number of nitrogens with one attached hydrogen (secondary N) is 2. The maximum atomic E-state index is 14.3. The molecule has 140 valence electrons. The molecule has 6 N–H and O–H groups in total. The Bertz CT molecular complexity index is 1100. The SMILES string of the molecule is N#CNC1=NC(c2cc(F)cc3c2OCOC3)c2c(nc(N)c(C#N)c2N)N1. The van der Waals surface area contributed by atoms with Gasteiger partial charge in [0.05, 0.1) is 12.3 Å². The fourth-order valence-corrected chi connectivity index (χ4v) is 3.22. The zero-order chi connectivity index (χ0) is 19.8. The van der Waals surface area contributed by atoms with E-state index >= 15 is 0 Å². The Hall–Kier alpha value is -4.09. The summed E-state index contributed by atoms with van der Waals surface area (Å²) in [4.78, 5) is 8.58. The summed E-state index contributed by atoms with van der Waals surface area (Å²) in [7, 11) is 0. The van der Waals surface area contributed by atoms with E-state index in [2.05, 4.69) is 20.6 Å². The minimum absolute atomic E-state index is 0.00457. The van der Waals surface area contributed by atoms with E-state index in [0.717, 1.165) is 0 Å². The molecule has 2 aromatic rings. The Morgan fingerprint density at radius 3 is 2.89 bits per heavy atom. The van der Waals surface area contributed by atoms with E-state index in [-0.39, 0.29) is 42.2 Å². The Morgan fingerprint density at radius 1 is 1.32 bits per heavy atom. The zero-order valence-electron chi connectivity index (χ0n) is 14.3. The summed E-state index contributed by atoms with van der Waals surface area (Å²) in [6, 6.07) is 3.59. The Balaban J connectivity index is 1.99. The normalized spacial score (nSPS) is 17.0. The lowest BCUT2D eigenvalue weighted by Gasteiger charge is -2.29. The third-order valence-corrected chi connectivity index (χ3v) is 4.36. The molecule has 1 unspecified atom stereocenters. The molecule has 0 amide bonds. The Labute approximate surface area is 158 Å². The second-order valence-corrected chi connectivity index (χ2v) is 6.00. The van der Waals surface area contributed by atoms with Gasteiger partial charge in [0.2, 0.25) is 5.96 Å². The van der Waals surface area contributed by atoms with Crippen LogP contribution in [0.25, 0.3) is 0 Å². The van der Waals surface area contributed by atoms with Crippen LogP contribution in [0, 0.1) is 28.6 Å². The van der Waals surface area contributed by atoms with Gasteiger partial charge in [-0.3, -0.25) is 5.32 Å². The lowest BCUT2D eigenvalue weighted by atomic mass is 9.93. The molecule has 0 fully saturated rings. The van der Waals surface area contributed by atoms with Gasteiger partial charge in [-0.05, 0) is 12.1 Å². The molecule has 11 heteroatoms. The summed E-state index contributed by atoms with van der Waals surface area (Å²) in [5.41, 5.74) is 13.2. The molecular formula is C17H13FN8O2. The number of anilines is 3. The molecule has 1 aromatic carbocycles. The molecule has 4 rings (SSSR count). The van der Waals surface area contributed by atoms with Crippen molar-refractivity contribution in [1.82, 2.24) is 10.3 Å². The van der Waals surface area contributed by atoms with Crippen molar-refractivity contribution in [3.05, 3.63) is 40.2 Å². The molecule has 0 aliphatic carbocycles. The van der Waals surface area contributed by atoms with Gasteiger partial charge in [-0.25, -0.2) is 14.4 Å². The number of benzene rings is 1. The van der Waals surface area contributed by atoms with E-state index in [1.54, 1.807) is 6.19 Å². The number of pyridine rings is 1. The van der Waals surface area contributed by atoms with E-state index in [1.807, 2.05) is 6.07 Å². The van der Waals surface area contributed by atoms with Gasteiger partial charge >= 0.3 is 0 Å². The number of nitrogens with zero attached hydrogens (tertiary/aromatic N) is 4. The van der Waals surface area contributed by atoms with E-state index in [1.165, 1.54) is 12.1 Å².